The van der Waals surface area contributed by atoms with Gasteiger partial charge in [-0.15, -0.1) is 6.42 Å². The van der Waals surface area contributed by atoms with Gasteiger partial charge in [0.1, 0.15) is 41.4 Å². The number of aromatic hydroxyl groups is 1. The van der Waals surface area contributed by atoms with E-state index >= 15 is 4.39 Å². The first kappa shape index (κ1) is 29.3. The molecular weight excluding hydrogens is 588 g/mol. The fraction of sp³-hybridized carbons (Fsp3) is 0.364. The van der Waals surface area contributed by atoms with Crippen LogP contribution in [0.25, 0.3) is 32.9 Å². The first-order valence-electron chi connectivity index (χ1n) is 14.9. The number of phenolic OH excluding ortho intramolecular Hbond substituents is 1. The van der Waals surface area contributed by atoms with Crippen molar-refractivity contribution in [2.24, 2.45) is 0 Å². The number of fused-ring (bicyclic) bond motifs is 3. The standard InChI is InChI=1S/C33H30F4N6O2/c1-2-23-26(36)5-4-19-12-22(44)13-24(27(19)23)29-28(37)30-25(15-39-29)31(42-11-9-38-21(17-42)6-8-34)41-32(40-30)45-18-33-7-3-10-43(33)16-20(35)14-33/h1,4-6,8,12-13,15,20-21,38,44H,3,7,9-11,14,16-18H2/b8-6-/t20-,21?,33+/m1/s1. The second-order valence-electron chi connectivity index (χ2n) is 11.9. The van der Waals surface area contributed by atoms with Crippen LogP contribution in [-0.4, -0.2) is 82.0 Å². The SMILES string of the molecule is C#Cc1c(F)ccc2cc(O)cc(-c3ncc4c(N5CCNC(/C=C\F)C5)nc(OC[C@@]56CCCN5C[C@H](F)C6)nc4c3F)c12. The number of rotatable bonds is 6. The fourth-order valence-electron chi connectivity index (χ4n) is 7.10. The second kappa shape index (κ2) is 11.5. The number of halogens is 4. The van der Waals surface area contributed by atoms with Crippen LogP contribution in [0.15, 0.2) is 42.9 Å². The quantitative estimate of drug-likeness (QED) is 0.230. The number of nitrogens with zero attached hydrogens (tertiary/aromatic N) is 5. The van der Waals surface area contributed by atoms with Crippen LogP contribution < -0.4 is 15.0 Å². The van der Waals surface area contributed by atoms with Crippen molar-refractivity contribution in [2.45, 2.75) is 37.0 Å². The molecule has 0 bridgehead atoms. The average Bonchev–Trinajstić information content (AvgIpc) is 3.56. The number of hydrogen-bond donors (Lipinski definition) is 2. The van der Waals surface area contributed by atoms with E-state index in [-0.39, 0.29) is 57.5 Å². The van der Waals surface area contributed by atoms with E-state index in [0.717, 1.165) is 19.4 Å². The van der Waals surface area contributed by atoms with Crippen molar-refractivity contribution in [1.29, 1.82) is 0 Å². The van der Waals surface area contributed by atoms with Crippen LogP contribution in [0.1, 0.15) is 24.8 Å². The highest BCUT2D eigenvalue weighted by Crippen LogP contribution is 2.41. The van der Waals surface area contributed by atoms with Gasteiger partial charge in [0.2, 0.25) is 0 Å². The zero-order chi connectivity index (χ0) is 31.3. The van der Waals surface area contributed by atoms with Crippen LogP contribution in [0.3, 0.4) is 0 Å². The highest BCUT2D eigenvalue weighted by molar-refractivity contribution is 6.03. The molecule has 0 spiro atoms. The monoisotopic (exact) mass is 618 g/mol. The topological polar surface area (TPSA) is 86.6 Å². The first-order valence-corrected chi connectivity index (χ1v) is 14.9. The summed E-state index contributed by atoms with van der Waals surface area (Å²) >= 11 is 0. The smallest absolute Gasteiger partial charge is 0.319 e. The molecule has 3 aliphatic heterocycles. The lowest BCUT2D eigenvalue weighted by Crippen LogP contribution is -2.50. The van der Waals surface area contributed by atoms with Gasteiger partial charge in [-0.05, 0) is 49.0 Å². The van der Waals surface area contributed by atoms with Gasteiger partial charge in [-0.2, -0.15) is 9.97 Å². The lowest BCUT2D eigenvalue weighted by Gasteiger charge is -2.34. The Labute approximate surface area is 256 Å². The van der Waals surface area contributed by atoms with Crippen LogP contribution in [0.5, 0.6) is 11.8 Å². The molecule has 0 saturated carbocycles. The van der Waals surface area contributed by atoms with E-state index in [0.29, 0.717) is 50.1 Å². The van der Waals surface area contributed by atoms with Gasteiger partial charge in [-0.1, -0.05) is 12.0 Å². The summed E-state index contributed by atoms with van der Waals surface area (Å²) in [6, 6.07) is 4.91. The normalized spacial score (nSPS) is 23.7. The number of piperazine rings is 1. The summed E-state index contributed by atoms with van der Waals surface area (Å²) in [4.78, 5) is 17.5. The van der Waals surface area contributed by atoms with E-state index in [1.165, 1.54) is 36.5 Å². The molecule has 0 aliphatic carbocycles. The Hall–Kier alpha value is -4.47. The fourth-order valence-corrected chi connectivity index (χ4v) is 7.10. The summed E-state index contributed by atoms with van der Waals surface area (Å²) in [7, 11) is 0. The predicted molar refractivity (Wildman–Crippen MR) is 163 cm³/mol. The molecule has 3 aliphatic rings. The third kappa shape index (κ3) is 5.10. The Kier molecular flexibility index (Phi) is 7.46. The number of nitrogens with one attached hydrogen (secondary N) is 1. The zero-order valence-corrected chi connectivity index (χ0v) is 24.2. The summed E-state index contributed by atoms with van der Waals surface area (Å²) in [5.74, 6) is 0.982. The Morgan fingerprint density at radius 2 is 2.07 bits per heavy atom. The molecule has 12 heteroatoms. The zero-order valence-electron chi connectivity index (χ0n) is 24.2. The molecule has 8 nitrogen and oxygen atoms in total. The van der Waals surface area contributed by atoms with Crippen molar-refractivity contribution < 1.29 is 27.4 Å². The molecule has 2 aromatic carbocycles. The van der Waals surface area contributed by atoms with Gasteiger partial charge in [0.25, 0.3) is 0 Å². The number of hydrogen-bond acceptors (Lipinski definition) is 8. The van der Waals surface area contributed by atoms with Crippen LogP contribution in [0, 0.1) is 24.0 Å². The summed E-state index contributed by atoms with van der Waals surface area (Å²) in [5.41, 5.74) is -0.789. The molecule has 7 rings (SSSR count). The maximum atomic E-state index is 16.7. The van der Waals surface area contributed by atoms with E-state index in [4.69, 9.17) is 11.2 Å². The lowest BCUT2D eigenvalue weighted by molar-refractivity contribution is 0.107. The van der Waals surface area contributed by atoms with Gasteiger partial charge in [-0.3, -0.25) is 9.88 Å². The second-order valence-corrected chi connectivity index (χ2v) is 11.9. The Morgan fingerprint density at radius 3 is 2.89 bits per heavy atom. The predicted octanol–water partition coefficient (Wildman–Crippen LogP) is 5.03. The Bertz CT molecular complexity index is 1880. The number of pyridine rings is 1. The van der Waals surface area contributed by atoms with E-state index in [1.807, 2.05) is 4.90 Å². The maximum absolute atomic E-state index is 16.7. The van der Waals surface area contributed by atoms with Crippen LogP contribution in [-0.2, 0) is 0 Å². The number of aromatic nitrogens is 3. The molecule has 3 fully saturated rings. The third-order valence-corrected chi connectivity index (χ3v) is 9.14. The van der Waals surface area contributed by atoms with Crippen LogP contribution in [0.2, 0.25) is 0 Å². The minimum atomic E-state index is -0.954. The number of ether oxygens (including phenoxy) is 1. The minimum Gasteiger partial charge on any atom is -0.508 e. The Balaban J connectivity index is 1.38. The number of phenols is 1. The summed E-state index contributed by atoms with van der Waals surface area (Å²) in [6.45, 7) is 2.58. The van der Waals surface area contributed by atoms with Crippen molar-refractivity contribution in [3.63, 3.8) is 0 Å². The average molecular weight is 619 g/mol. The molecule has 2 aromatic heterocycles. The molecular formula is C33H30F4N6O2. The summed E-state index contributed by atoms with van der Waals surface area (Å²) < 4.78 is 65.1. The molecule has 45 heavy (non-hydrogen) atoms. The highest BCUT2D eigenvalue weighted by Gasteiger charge is 2.49. The van der Waals surface area contributed by atoms with Gasteiger partial charge >= 0.3 is 6.01 Å². The molecule has 3 saturated heterocycles. The maximum Gasteiger partial charge on any atom is 0.319 e. The first-order chi connectivity index (χ1) is 21.8. The lowest BCUT2D eigenvalue weighted by atomic mass is 9.95. The van der Waals surface area contributed by atoms with Gasteiger partial charge in [0.15, 0.2) is 5.82 Å². The molecule has 4 aromatic rings. The molecule has 2 N–H and O–H groups in total. The van der Waals surface area contributed by atoms with Crippen LogP contribution >= 0.6 is 0 Å². The van der Waals surface area contributed by atoms with Crippen molar-refractivity contribution >= 4 is 27.5 Å². The summed E-state index contributed by atoms with van der Waals surface area (Å²) in [6.07, 6.45) is 10.00. The number of terminal acetylenes is 1. The van der Waals surface area contributed by atoms with E-state index in [1.54, 1.807) is 0 Å². The molecule has 0 radical (unpaired) electrons. The molecule has 0 amide bonds. The summed E-state index contributed by atoms with van der Waals surface area (Å²) in [5, 5.41) is 14.6. The van der Waals surface area contributed by atoms with E-state index < -0.39 is 23.3 Å². The van der Waals surface area contributed by atoms with Crippen LogP contribution in [0.4, 0.5) is 23.4 Å². The number of alkyl halides is 1. The molecule has 3 atom stereocenters. The van der Waals surface area contributed by atoms with Gasteiger partial charge in [-0.25, -0.2) is 17.6 Å². The molecule has 232 valence electrons. The molecule has 1 unspecified atom stereocenters. The van der Waals surface area contributed by atoms with E-state index in [9.17, 15) is 18.3 Å². The van der Waals surface area contributed by atoms with E-state index in [2.05, 4.69) is 31.1 Å². The largest absolute Gasteiger partial charge is 0.508 e. The van der Waals surface area contributed by atoms with Crippen molar-refractivity contribution in [2.75, 3.05) is 44.2 Å². The molecule has 5 heterocycles. The number of benzene rings is 2. The number of anilines is 1. The van der Waals surface area contributed by atoms with Gasteiger partial charge in [0, 0.05) is 55.8 Å². The Morgan fingerprint density at radius 1 is 1.20 bits per heavy atom. The van der Waals surface area contributed by atoms with Gasteiger partial charge < -0.3 is 20.1 Å². The van der Waals surface area contributed by atoms with Crippen molar-refractivity contribution in [3.8, 4) is 35.4 Å². The van der Waals surface area contributed by atoms with Crippen molar-refractivity contribution in [3.05, 3.63) is 60.1 Å². The van der Waals surface area contributed by atoms with Gasteiger partial charge in [0.05, 0.1) is 22.8 Å². The minimum absolute atomic E-state index is 0.0907. The third-order valence-electron chi connectivity index (χ3n) is 9.14. The highest BCUT2D eigenvalue weighted by atomic mass is 19.1. The van der Waals surface area contributed by atoms with Crippen molar-refractivity contribution in [1.82, 2.24) is 25.2 Å².